The van der Waals surface area contributed by atoms with Gasteiger partial charge < -0.3 is 10.1 Å². The number of carbonyl (C=O) groups excluding carboxylic acids is 2. The van der Waals surface area contributed by atoms with Gasteiger partial charge in [-0.05, 0) is 29.5 Å². The van der Waals surface area contributed by atoms with Crippen LogP contribution in [0.2, 0.25) is 0 Å². The Bertz CT molecular complexity index is 993. The average molecular weight is 415 g/mol. The molecule has 0 unspecified atom stereocenters. The van der Waals surface area contributed by atoms with Crippen LogP contribution in [0.15, 0.2) is 91.0 Å². The molecule has 1 N–H and O–H groups in total. The fourth-order valence-corrected chi connectivity index (χ4v) is 3.85. The lowest BCUT2D eigenvalue weighted by molar-refractivity contribution is -0.137. The maximum atomic E-state index is 13.0. The Kier molecular flexibility index (Phi) is 6.62. The molecule has 0 aliphatic carbocycles. The van der Waals surface area contributed by atoms with Gasteiger partial charge in [-0.2, -0.15) is 0 Å². The van der Waals surface area contributed by atoms with Gasteiger partial charge in [0.2, 0.25) is 5.91 Å². The molecule has 158 valence electrons. The van der Waals surface area contributed by atoms with Crippen molar-refractivity contribution in [3.63, 3.8) is 0 Å². The molecule has 0 aromatic heterocycles. The topological polar surface area (TPSA) is 58.6 Å². The van der Waals surface area contributed by atoms with Crippen molar-refractivity contribution < 1.29 is 14.3 Å². The number of amides is 2. The molecule has 1 fully saturated rings. The number of β-lactam (4-membered cyclic amide) rings is 1. The summed E-state index contributed by atoms with van der Waals surface area (Å²) < 4.78 is 5.59. The Balaban J connectivity index is 1.46. The van der Waals surface area contributed by atoms with Gasteiger partial charge in [0.15, 0.2) is 0 Å². The van der Waals surface area contributed by atoms with Crippen LogP contribution in [0.4, 0.5) is 4.79 Å². The first-order valence-electron chi connectivity index (χ1n) is 10.6. The second kappa shape index (κ2) is 9.94. The lowest BCUT2D eigenvalue weighted by Crippen LogP contribution is -2.69. The minimum atomic E-state index is -0.535. The van der Waals surface area contributed by atoms with Gasteiger partial charge in [-0.25, -0.2) is 4.79 Å². The largest absolute Gasteiger partial charge is 0.445 e. The van der Waals surface area contributed by atoms with Gasteiger partial charge in [-0.15, -0.1) is 0 Å². The number of hydrogen-bond acceptors (Lipinski definition) is 3. The number of nitrogens with one attached hydrogen (secondary N) is 1. The smallest absolute Gasteiger partial charge is 0.411 e. The molecule has 4 rings (SSSR count). The third-order valence-corrected chi connectivity index (χ3v) is 5.54. The third kappa shape index (κ3) is 5.31. The molecule has 1 saturated heterocycles. The van der Waals surface area contributed by atoms with Crippen molar-refractivity contribution in [2.75, 3.05) is 0 Å². The minimum absolute atomic E-state index is 0.0966. The van der Waals surface area contributed by atoms with Crippen molar-refractivity contribution >= 4 is 12.0 Å². The number of carbonyl (C=O) groups is 2. The number of ether oxygens (including phenoxy) is 1. The summed E-state index contributed by atoms with van der Waals surface area (Å²) in [5.74, 6) is -0.134. The highest BCUT2D eigenvalue weighted by molar-refractivity contribution is 5.92. The fourth-order valence-electron chi connectivity index (χ4n) is 3.85. The number of rotatable bonds is 8. The summed E-state index contributed by atoms with van der Waals surface area (Å²) in [6, 6.07) is 28.8. The molecule has 0 saturated carbocycles. The molecule has 1 heterocycles. The first-order chi connectivity index (χ1) is 15.2. The van der Waals surface area contributed by atoms with Crippen molar-refractivity contribution in [2.24, 2.45) is 0 Å². The minimum Gasteiger partial charge on any atom is -0.445 e. The van der Waals surface area contributed by atoms with Crippen LogP contribution in [0.5, 0.6) is 0 Å². The highest BCUT2D eigenvalue weighted by Crippen LogP contribution is 2.23. The van der Waals surface area contributed by atoms with E-state index in [1.165, 1.54) is 5.56 Å². The van der Waals surface area contributed by atoms with E-state index in [0.29, 0.717) is 6.54 Å². The maximum Gasteiger partial charge on any atom is 0.411 e. The molecule has 0 spiro atoms. The summed E-state index contributed by atoms with van der Waals surface area (Å²) in [6.45, 7) is 0.502. The van der Waals surface area contributed by atoms with Gasteiger partial charge in [0, 0.05) is 6.54 Å². The number of hydrogen-bond donors (Lipinski definition) is 1. The molecule has 5 heteroatoms. The number of benzene rings is 3. The molecule has 3 aromatic rings. The molecule has 3 aromatic carbocycles. The predicted molar refractivity (Wildman–Crippen MR) is 119 cm³/mol. The van der Waals surface area contributed by atoms with Crippen LogP contribution >= 0.6 is 0 Å². The van der Waals surface area contributed by atoms with E-state index < -0.39 is 12.1 Å². The van der Waals surface area contributed by atoms with E-state index in [2.05, 4.69) is 17.4 Å². The molecule has 1 aliphatic rings. The van der Waals surface area contributed by atoms with Crippen LogP contribution in [0.1, 0.15) is 23.1 Å². The molecule has 2 amide bonds. The number of nitrogens with zero attached hydrogens (tertiary/aromatic N) is 1. The average Bonchev–Trinajstić information content (AvgIpc) is 2.81. The number of aryl methyl sites for hydroxylation is 1. The van der Waals surface area contributed by atoms with E-state index in [9.17, 15) is 9.59 Å². The molecule has 0 bridgehead atoms. The summed E-state index contributed by atoms with van der Waals surface area (Å²) in [5, 5.41) is 2.97. The van der Waals surface area contributed by atoms with Crippen LogP contribution < -0.4 is 5.32 Å². The van der Waals surface area contributed by atoms with Gasteiger partial charge in [0.1, 0.15) is 12.6 Å². The van der Waals surface area contributed by atoms with Crippen molar-refractivity contribution in [3.05, 3.63) is 108 Å². The monoisotopic (exact) mass is 414 g/mol. The van der Waals surface area contributed by atoms with Crippen molar-refractivity contribution in [3.8, 4) is 0 Å². The lowest BCUT2D eigenvalue weighted by atomic mass is 9.91. The fraction of sp³-hybridized carbons (Fsp3) is 0.231. The molecule has 5 nitrogen and oxygen atoms in total. The van der Waals surface area contributed by atoms with Crippen molar-refractivity contribution in [1.82, 2.24) is 10.2 Å². The van der Waals surface area contributed by atoms with Crippen molar-refractivity contribution in [2.45, 2.75) is 38.1 Å². The Labute approximate surface area is 182 Å². The molecule has 31 heavy (non-hydrogen) atoms. The van der Waals surface area contributed by atoms with Gasteiger partial charge in [-0.1, -0.05) is 91.0 Å². The second-order valence-electron chi connectivity index (χ2n) is 7.74. The van der Waals surface area contributed by atoms with E-state index in [1.807, 2.05) is 78.9 Å². The van der Waals surface area contributed by atoms with Gasteiger partial charge in [0.05, 0.1) is 6.04 Å². The molecule has 1 aliphatic heterocycles. The first kappa shape index (κ1) is 20.7. The molecule has 2 atom stereocenters. The van der Waals surface area contributed by atoms with Gasteiger partial charge in [0.25, 0.3) is 0 Å². The molecular weight excluding hydrogens is 388 g/mol. The van der Waals surface area contributed by atoms with Crippen LogP contribution in [0.25, 0.3) is 0 Å². The van der Waals surface area contributed by atoms with Gasteiger partial charge >= 0.3 is 6.09 Å². The third-order valence-electron chi connectivity index (χ3n) is 5.54. The predicted octanol–water partition coefficient (Wildman–Crippen LogP) is 4.33. The highest BCUT2D eigenvalue weighted by Gasteiger charge is 2.45. The van der Waals surface area contributed by atoms with E-state index in [4.69, 9.17) is 4.74 Å². The van der Waals surface area contributed by atoms with E-state index in [-0.39, 0.29) is 18.6 Å². The summed E-state index contributed by atoms with van der Waals surface area (Å²) in [6.07, 6.45) is 1.12. The summed E-state index contributed by atoms with van der Waals surface area (Å²) in [7, 11) is 0. The summed E-state index contributed by atoms with van der Waals surface area (Å²) in [4.78, 5) is 27.1. The summed E-state index contributed by atoms with van der Waals surface area (Å²) >= 11 is 0. The SMILES string of the molecule is O=C1N[C@H](CCc2ccccc2)[C@H]1N(Cc1ccccc1)C(=O)OCc1ccccc1. The lowest BCUT2D eigenvalue weighted by Gasteiger charge is -2.43. The van der Waals surface area contributed by atoms with Crippen molar-refractivity contribution in [1.29, 1.82) is 0 Å². The van der Waals surface area contributed by atoms with E-state index in [1.54, 1.807) is 4.90 Å². The van der Waals surface area contributed by atoms with E-state index in [0.717, 1.165) is 24.0 Å². The van der Waals surface area contributed by atoms with Crippen LogP contribution in [0, 0.1) is 0 Å². The van der Waals surface area contributed by atoms with Crippen LogP contribution in [-0.2, 0) is 29.1 Å². The zero-order chi connectivity index (χ0) is 21.5. The Morgan fingerprint density at radius 3 is 1.94 bits per heavy atom. The zero-order valence-electron chi connectivity index (χ0n) is 17.3. The Hall–Kier alpha value is -3.60. The highest BCUT2D eigenvalue weighted by atomic mass is 16.6. The zero-order valence-corrected chi connectivity index (χ0v) is 17.3. The van der Waals surface area contributed by atoms with Crippen LogP contribution in [-0.4, -0.2) is 29.0 Å². The molecular formula is C26H26N2O3. The normalized spacial score (nSPS) is 17.4. The Morgan fingerprint density at radius 1 is 0.806 bits per heavy atom. The maximum absolute atomic E-state index is 13.0. The second-order valence-corrected chi connectivity index (χ2v) is 7.74. The Morgan fingerprint density at radius 2 is 1.35 bits per heavy atom. The quantitative estimate of drug-likeness (QED) is 0.559. The first-order valence-corrected chi connectivity index (χ1v) is 10.6. The molecule has 0 radical (unpaired) electrons. The standard InChI is InChI=1S/C26H26N2O3/c29-25-24(23(27-25)17-16-20-10-4-1-5-11-20)28(18-21-12-6-2-7-13-21)26(30)31-19-22-14-8-3-9-15-22/h1-15,23-24H,16-19H2,(H,27,29)/t23-,24-/m1/s1. The van der Waals surface area contributed by atoms with E-state index >= 15 is 0 Å². The van der Waals surface area contributed by atoms with Crippen LogP contribution in [0.3, 0.4) is 0 Å². The van der Waals surface area contributed by atoms with Gasteiger partial charge in [-0.3, -0.25) is 9.69 Å². The summed E-state index contributed by atoms with van der Waals surface area (Å²) in [5.41, 5.74) is 3.08.